The molecule has 42 heavy (non-hydrogen) atoms. The lowest BCUT2D eigenvalue weighted by Gasteiger charge is -2.33. The number of carbonyl (C=O) groups excluding carboxylic acids is 1. The number of imidazole rings is 1. The number of hydrogen-bond acceptors (Lipinski definition) is 8. The Morgan fingerprint density at radius 2 is 1.86 bits per heavy atom. The molecular weight excluding hydrogens is 582 g/mol. The zero-order valence-electron chi connectivity index (χ0n) is 24.3. The summed E-state index contributed by atoms with van der Waals surface area (Å²) >= 11 is 0. The monoisotopic (exact) mass is 619 g/mol. The van der Waals surface area contributed by atoms with Gasteiger partial charge in [-0.15, -0.1) is 0 Å². The summed E-state index contributed by atoms with van der Waals surface area (Å²) in [6.07, 6.45) is 2.01. The number of rotatable bonds is 9. The molecule has 3 aromatic rings. The van der Waals surface area contributed by atoms with E-state index >= 15 is 0 Å². The lowest BCUT2D eigenvalue weighted by molar-refractivity contribution is -0.134. The van der Waals surface area contributed by atoms with Gasteiger partial charge in [0.1, 0.15) is 11.9 Å². The highest BCUT2D eigenvalue weighted by Gasteiger charge is 2.34. The molecule has 1 aromatic heterocycles. The van der Waals surface area contributed by atoms with Crippen molar-refractivity contribution in [2.24, 2.45) is 13.0 Å². The van der Waals surface area contributed by atoms with Gasteiger partial charge in [-0.2, -0.15) is 4.31 Å². The number of benzene rings is 2. The van der Waals surface area contributed by atoms with Gasteiger partial charge in [-0.25, -0.2) is 21.8 Å². The van der Waals surface area contributed by atoms with Crippen molar-refractivity contribution in [3.63, 3.8) is 0 Å². The van der Waals surface area contributed by atoms with Crippen LogP contribution >= 0.6 is 0 Å². The van der Waals surface area contributed by atoms with Gasteiger partial charge < -0.3 is 19.3 Å². The summed E-state index contributed by atoms with van der Waals surface area (Å²) in [5.74, 6) is -0.280. The normalized spacial score (nSPS) is 18.9. The van der Waals surface area contributed by atoms with Crippen molar-refractivity contribution >= 4 is 31.6 Å². The summed E-state index contributed by atoms with van der Waals surface area (Å²) in [7, 11) is -4.71. The van der Waals surface area contributed by atoms with Crippen LogP contribution in [-0.4, -0.2) is 85.5 Å². The molecule has 2 aromatic carbocycles. The summed E-state index contributed by atoms with van der Waals surface area (Å²) in [5, 5.41) is 9.77. The van der Waals surface area contributed by atoms with Gasteiger partial charge in [-0.3, -0.25) is 9.52 Å². The molecule has 0 spiro atoms. The number of ether oxygens (including phenoxy) is 1. The van der Waals surface area contributed by atoms with E-state index in [1.807, 2.05) is 13.8 Å². The topological polar surface area (TPSA) is 151 Å². The van der Waals surface area contributed by atoms with Crippen molar-refractivity contribution in [3.8, 4) is 5.75 Å². The number of aliphatic hydroxyl groups is 1. The van der Waals surface area contributed by atoms with Gasteiger partial charge in [-0.05, 0) is 44.2 Å². The number of amides is 1. The van der Waals surface area contributed by atoms with E-state index in [0.717, 1.165) is 5.56 Å². The van der Waals surface area contributed by atoms with Crippen LogP contribution in [0.2, 0.25) is 0 Å². The molecule has 0 saturated carbocycles. The van der Waals surface area contributed by atoms with Crippen LogP contribution in [0, 0.1) is 12.8 Å². The fraction of sp³-hybridized carbons (Fsp3) is 0.429. The minimum absolute atomic E-state index is 0.0448. The minimum atomic E-state index is -3.93. The molecule has 3 atom stereocenters. The van der Waals surface area contributed by atoms with E-state index in [0.29, 0.717) is 11.3 Å². The molecule has 2 N–H and O–H groups in total. The summed E-state index contributed by atoms with van der Waals surface area (Å²) in [4.78, 5) is 19.1. The average molecular weight is 620 g/mol. The van der Waals surface area contributed by atoms with E-state index in [2.05, 4.69) is 9.71 Å². The van der Waals surface area contributed by atoms with Crippen LogP contribution in [0.25, 0.3) is 0 Å². The SMILES string of the molecule is Cc1ccc(S(=O)(=O)Nc2ccc3c(c2)CC(=O)N([C@H](C)CO)C[C@@H](C)[C@@H](CN(C)S(=O)(=O)c2cn(C)cn2)O3)cc1. The second-order valence-corrected chi connectivity index (χ2v) is 14.5. The Morgan fingerprint density at radius 1 is 1.17 bits per heavy atom. The molecule has 0 saturated heterocycles. The standard InChI is InChI=1S/C28H37N5O7S2/c1-19-6-9-24(10-7-19)41(36,37)30-23-8-11-25-22(12-23)13-28(35)33(21(3)17-34)14-20(2)26(40-25)15-32(5)42(38,39)27-16-31(4)18-29-27/h6-12,16,18,20-21,26,30,34H,13-15,17H2,1-5H3/t20-,21-,26-/m1/s1. The molecule has 14 heteroatoms. The molecule has 4 rings (SSSR count). The first-order valence-corrected chi connectivity index (χ1v) is 16.4. The number of nitrogens with one attached hydrogen (secondary N) is 1. The van der Waals surface area contributed by atoms with E-state index in [-0.39, 0.29) is 53.6 Å². The molecule has 1 aliphatic rings. The Bertz CT molecular complexity index is 1640. The van der Waals surface area contributed by atoms with Gasteiger partial charge in [0.05, 0.1) is 36.8 Å². The maximum Gasteiger partial charge on any atom is 0.261 e. The highest BCUT2D eigenvalue weighted by Crippen LogP contribution is 2.30. The van der Waals surface area contributed by atoms with Gasteiger partial charge in [-0.1, -0.05) is 24.6 Å². The smallest absolute Gasteiger partial charge is 0.261 e. The fourth-order valence-electron chi connectivity index (χ4n) is 4.68. The van der Waals surface area contributed by atoms with Crippen LogP contribution in [0.5, 0.6) is 5.75 Å². The van der Waals surface area contributed by atoms with Gasteiger partial charge in [0.2, 0.25) is 5.91 Å². The number of aromatic nitrogens is 2. The maximum absolute atomic E-state index is 13.5. The number of fused-ring (bicyclic) bond motifs is 1. The number of aryl methyl sites for hydroxylation is 2. The van der Waals surface area contributed by atoms with Crippen molar-refractivity contribution in [2.45, 2.75) is 49.3 Å². The number of carbonyl (C=O) groups is 1. The second-order valence-electron chi connectivity index (χ2n) is 10.8. The third kappa shape index (κ3) is 6.94. The lowest BCUT2D eigenvalue weighted by atomic mass is 10.0. The van der Waals surface area contributed by atoms with Gasteiger partial charge >= 0.3 is 0 Å². The number of likely N-dealkylation sites (N-methyl/N-ethyl adjacent to an activating group) is 1. The summed E-state index contributed by atoms with van der Waals surface area (Å²) < 4.78 is 64.1. The molecule has 0 aliphatic carbocycles. The number of aliphatic hydroxyl groups excluding tert-OH is 1. The molecule has 2 heterocycles. The van der Waals surface area contributed by atoms with E-state index in [1.54, 1.807) is 47.7 Å². The number of sulfonamides is 2. The Labute approximate surface area is 247 Å². The van der Waals surface area contributed by atoms with E-state index < -0.39 is 32.2 Å². The molecule has 0 unspecified atom stereocenters. The van der Waals surface area contributed by atoms with Crippen molar-refractivity contribution in [1.29, 1.82) is 0 Å². The summed E-state index contributed by atoms with van der Waals surface area (Å²) in [5.41, 5.74) is 1.59. The van der Waals surface area contributed by atoms with E-state index in [9.17, 15) is 26.7 Å². The van der Waals surface area contributed by atoms with Crippen LogP contribution < -0.4 is 9.46 Å². The first kappa shape index (κ1) is 31.5. The third-order valence-corrected chi connectivity index (χ3v) is 10.4. The Balaban J connectivity index is 1.68. The van der Waals surface area contributed by atoms with E-state index in [4.69, 9.17) is 4.74 Å². The lowest BCUT2D eigenvalue weighted by Crippen LogP contribution is -2.48. The van der Waals surface area contributed by atoms with Gasteiger partial charge in [0.15, 0.2) is 5.03 Å². The first-order chi connectivity index (χ1) is 19.7. The number of anilines is 1. The molecular formula is C28H37N5O7S2. The fourth-order valence-corrected chi connectivity index (χ4v) is 6.87. The predicted molar refractivity (Wildman–Crippen MR) is 157 cm³/mol. The Morgan fingerprint density at radius 3 is 2.48 bits per heavy atom. The second kappa shape index (κ2) is 12.4. The minimum Gasteiger partial charge on any atom is -0.488 e. The molecule has 0 bridgehead atoms. The van der Waals surface area contributed by atoms with Crippen LogP contribution in [0.4, 0.5) is 5.69 Å². The zero-order valence-corrected chi connectivity index (χ0v) is 25.9. The quantitative estimate of drug-likeness (QED) is 0.369. The number of hydrogen-bond donors (Lipinski definition) is 2. The highest BCUT2D eigenvalue weighted by atomic mass is 32.2. The van der Waals surface area contributed by atoms with E-state index in [1.165, 1.54) is 42.1 Å². The van der Waals surface area contributed by atoms with Gasteiger partial charge in [0, 0.05) is 44.0 Å². The van der Waals surface area contributed by atoms with Crippen molar-refractivity contribution < 1.29 is 31.5 Å². The summed E-state index contributed by atoms with van der Waals surface area (Å²) in [6.45, 7) is 5.34. The predicted octanol–water partition coefficient (Wildman–Crippen LogP) is 2.00. The Kier molecular flexibility index (Phi) is 9.30. The highest BCUT2D eigenvalue weighted by molar-refractivity contribution is 7.92. The summed E-state index contributed by atoms with van der Waals surface area (Å²) in [6, 6.07) is 10.6. The molecule has 0 radical (unpaired) electrons. The first-order valence-electron chi connectivity index (χ1n) is 13.4. The van der Waals surface area contributed by atoms with Crippen molar-refractivity contribution in [1.82, 2.24) is 18.8 Å². The third-order valence-electron chi connectivity index (χ3n) is 7.29. The van der Waals surface area contributed by atoms with Crippen LogP contribution in [0.15, 0.2) is 64.9 Å². The maximum atomic E-state index is 13.5. The molecule has 228 valence electrons. The molecule has 0 fully saturated rings. The van der Waals surface area contributed by atoms with Gasteiger partial charge in [0.25, 0.3) is 20.0 Å². The van der Waals surface area contributed by atoms with Crippen molar-refractivity contribution in [3.05, 3.63) is 66.1 Å². The van der Waals surface area contributed by atoms with Crippen molar-refractivity contribution in [2.75, 3.05) is 31.5 Å². The largest absolute Gasteiger partial charge is 0.488 e. The van der Waals surface area contributed by atoms with Crippen LogP contribution in [-0.2, 0) is 38.3 Å². The molecule has 1 aliphatic heterocycles. The zero-order chi connectivity index (χ0) is 30.8. The van der Waals surface area contributed by atoms with Crippen LogP contribution in [0.1, 0.15) is 25.0 Å². The number of nitrogens with zero attached hydrogens (tertiary/aromatic N) is 4. The average Bonchev–Trinajstić information content (AvgIpc) is 3.39. The Hall–Kier alpha value is -3.46. The molecule has 12 nitrogen and oxygen atoms in total. The van der Waals surface area contributed by atoms with Crippen LogP contribution in [0.3, 0.4) is 0 Å². The molecule has 1 amide bonds.